The van der Waals surface area contributed by atoms with Gasteiger partial charge in [0, 0.05) is 46.3 Å². The summed E-state index contributed by atoms with van der Waals surface area (Å²) in [5.74, 6) is -0.427. The average Bonchev–Trinajstić information content (AvgIpc) is 2.50. The third-order valence-electron chi connectivity index (χ3n) is 3.56. The maximum absolute atomic E-state index is 12.2. The van der Waals surface area contributed by atoms with E-state index in [0.29, 0.717) is 26.4 Å². The molecule has 2 rings (SSSR count). The number of anilines is 2. The minimum atomic E-state index is -0.223. The van der Waals surface area contributed by atoms with Gasteiger partial charge in [0.25, 0.3) is 0 Å². The fourth-order valence-corrected chi connectivity index (χ4v) is 2.97. The summed E-state index contributed by atoms with van der Waals surface area (Å²) >= 11 is 18.0. The zero-order chi connectivity index (χ0) is 18.6. The summed E-state index contributed by atoms with van der Waals surface area (Å²) < 4.78 is 0. The number of benzene rings is 2. The molecule has 0 bridgehead atoms. The molecule has 0 saturated carbocycles. The number of rotatable bonds is 5. The summed E-state index contributed by atoms with van der Waals surface area (Å²) in [6.45, 7) is 3.51. The lowest BCUT2D eigenvalue weighted by Gasteiger charge is -2.21. The van der Waals surface area contributed by atoms with Crippen molar-refractivity contribution in [3.8, 4) is 0 Å². The Labute approximate surface area is 161 Å². The van der Waals surface area contributed by atoms with Gasteiger partial charge in [-0.3, -0.25) is 9.59 Å². The fourth-order valence-electron chi connectivity index (χ4n) is 2.27. The summed E-state index contributed by atoms with van der Waals surface area (Å²) in [4.78, 5) is 25.5. The number of carbonyl (C=O) groups excluding carboxylic acids is 2. The van der Waals surface area contributed by atoms with Crippen LogP contribution >= 0.6 is 34.8 Å². The number of aryl methyl sites for hydroxylation is 1. The molecule has 132 valence electrons. The summed E-state index contributed by atoms with van der Waals surface area (Å²) in [7, 11) is 0. The second kappa shape index (κ2) is 8.56. The van der Waals surface area contributed by atoms with Gasteiger partial charge in [-0.25, -0.2) is 0 Å². The molecule has 0 radical (unpaired) electrons. The van der Waals surface area contributed by atoms with Gasteiger partial charge in [0.1, 0.15) is 0 Å². The van der Waals surface area contributed by atoms with Crippen molar-refractivity contribution < 1.29 is 9.59 Å². The first kappa shape index (κ1) is 19.6. The normalized spacial score (nSPS) is 10.4. The van der Waals surface area contributed by atoms with E-state index in [1.165, 1.54) is 11.8 Å². The number of nitrogens with zero attached hydrogens (tertiary/aromatic N) is 1. The van der Waals surface area contributed by atoms with Gasteiger partial charge in [-0.1, -0.05) is 40.9 Å². The Morgan fingerprint density at radius 1 is 1.04 bits per heavy atom. The molecule has 0 saturated heterocycles. The van der Waals surface area contributed by atoms with Crippen molar-refractivity contribution in [2.24, 2.45) is 0 Å². The van der Waals surface area contributed by atoms with Crippen LogP contribution < -0.4 is 10.2 Å². The number of hydrogen-bond donors (Lipinski definition) is 1. The van der Waals surface area contributed by atoms with Crippen molar-refractivity contribution in [2.45, 2.75) is 20.3 Å². The molecule has 0 spiro atoms. The number of halogens is 3. The second-order valence-corrected chi connectivity index (χ2v) is 6.84. The quantitative estimate of drug-likeness (QED) is 0.738. The zero-order valence-corrected chi connectivity index (χ0v) is 16.0. The van der Waals surface area contributed by atoms with Crippen LogP contribution in [0, 0.1) is 6.92 Å². The maximum atomic E-state index is 12.2. The standard InChI is InChI=1S/C18H17Cl3N2O2/c1-11-3-4-15(10-17(11)21)22-18(25)5-6-23(12(2)24)16-8-13(19)7-14(20)9-16/h3-4,7-10H,5-6H2,1-2H3,(H,22,25). The first-order valence-corrected chi connectivity index (χ1v) is 8.70. The maximum Gasteiger partial charge on any atom is 0.226 e. The van der Waals surface area contributed by atoms with E-state index in [1.807, 2.05) is 13.0 Å². The predicted molar refractivity (Wildman–Crippen MR) is 104 cm³/mol. The molecule has 0 aliphatic heterocycles. The van der Waals surface area contributed by atoms with Crippen molar-refractivity contribution >= 4 is 58.0 Å². The molecular weight excluding hydrogens is 383 g/mol. The molecule has 4 nitrogen and oxygen atoms in total. The Morgan fingerprint density at radius 2 is 1.68 bits per heavy atom. The Balaban J connectivity index is 2.04. The van der Waals surface area contributed by atoms with Crippen molar-refractivity contribution in [3.63, 3.8) is 0 Å². The van der Waals surface area contributed by atoms with Gasteiger partial charge in [0.15, 0.2) is 0 Å². The first-order valence-electron chi connectivity index (χ1n) is 7.56. The fraction of sp³-hybridized carbons (Fsp3) is 0.222. The van der Waals surface area contributed by atoms with E-state index in [9.17, 15) is 9.59 Å². The van der Waals surface area contributed by atoms with E-state index in [1.54, 1.807) is 30.3 Å². The van der Waals surface area contributed by atoms with Crippen LogP contribution in [0.25, 0.3) is 0 Å². The number of amides is 2. The molecule has 0 aliphatic rings. The van der Waals surface area contributed by atoms with Crippen molar-refractivity contribution in [1.29, 1.82) is 0 Å². The Morgan fingerprint density at radius 3 is 2.24 bits per heavy atom. The molecule has 2 amide bonds. The summed E-state index contributed by atoms with van der Waals surface area (Å²) in [5, 5.41) is 4.19. The summed E-state index contributed by atoms with van der Waals surface area (Å²) in [5.41, 5.74) is 2.09. The molecular formula is C18H17Cl3N2O2. The lowest BCUT2D eigenvalue weighted by Crippen LogP contribution is -2.32. The van der Waals surface area contributed by atoms with Gasteiger partial charge in [0.05, 0.1) is 0 Å². The molecule has 2 aromatic rings. The minimum Gasteiger partial charge on any atom is -0.326 e. The summed E-state index contributed by atoms with van der Waals surface area (Å²) in [6.07, 6.45) is 0.120. The molecule has 7 heteroatoms. The number of nitrogens with one attached hydrogen (secondary N) is 1. The first-order chi connectivity index (χ1) is 11.8. The van der Waals surface area contributed by atoms with Gasteiger partial charge in [-0.2, -0.15) is 0 Å². The van der Waals surface area contributed by atoms with Crippen LogP contribution in [0.3, 0.4) is 0 Å². The highest BCUT2D eigenvalue weighted by molar-refractivity contribution is 6.35. The van der Waals surface area contributed by atoms with E-state index < -0.39 is 0 Å². The van der Waals surface area contributed by atoms with Gasteiger partial charge in [0.2, 0.25) is 11.8 Å². The molecule has 0 unspecified atom stereocenters. The summed E-state index contributed by atoms with van der Waals surface area (Å²) in [6, 6.07) is 10.1. The molecule has 0 heterocycles. The number of carbonyl (C=O) groups is 2. The van der Waals surface area contributed by atoms with Crippen LogP contribution in [0.2, 0.25) is 15.1 Å². The van der Waals surface area contributed by atoms with Crippen LogP contribution in [-0.2, 0) is 9.59 Å². The van der Waals surface area contributed by atoms with E-state index in [-0.39, 0.29) is 24.8 Å². The van der Waals surface area contributed by atoms with Gasteiger partial charge < -0.3 is 10.2 Å². The highest BCUT2D eigenvalue weighted by atomic mass is 35.5. The van der Waals surface area contributed by atoms with E-state index in [4.69, 9.17) is 34.8 Å². The van der Waals surface area contributed by atoms with Crippen LogP contribution in [0.15, 0.2) is 36.4 Å². The van der Waals surface area contributed by atoms with Crippen LogP contribution in [0.5, 0.6) is 0 Å². The third kappa shape index (κ3) is 5.63. The molecule has 0 aromatic heterocycles. The van der Waals surface area contributed by atoms with Crippen LogP contribution in [0.1, 0.15) is 18.9 Å². The molecule has 0 aliphatic carbocycles. The monoisotopic (exact) mass is 398 g/mol. The second-order valence-electron chi connectivity index (χ2n) is 5.56. The molecule has 0 fully saturated rings. The zero-order valence-electron chi connectivity index (χ0n) is 13.8. The van der Waals surface area contributed by atoms with Crippen molar-refractivity contribution in [1.82, 2.24) is 0 Å². The molecule has 2 aromatic carbocycles. The average molecular weight is 400 g/mol. The van der Waals surface area contributed by atoms with Crippen molar-refractivity contribution in [2.75, 3.05) is 16.8 Å². The molecule has 25 heavy (non-hydrogen) atoms. The van der Waals surface area contributed by atoms with E-state index in [0.717, 1.165) is 5.56 Å². The van der Waals surface area contributed by atoms with E-state index >= 15 is 0 Å². The highest BCUT2D eigenvalue weighted by Gasteiger charge is 2.15. The van der Waals surface area contributed by atoms with E-state index in [2.05, 4.69) is 5.32 Å². The Hall–Kier alpha value is -1.75. The van der Waals surface area contributed by atoms with Crippen molar-refractivity contribution in [3.05, 3.63) is 57.0 Å². The highest BCUT2D eigenvalue weighted by Crippen LogP contribution is 2.26. The smallest absolute Gasteiger partial charge is 0.226 e. The lowest BCUT2D eigenvalue weighted by atomic mass is 10.2. The SMILES string of the molecule is CC(=O)N(CCC(=O)Nc1ccc(C)c(Cl)c1)c1cc(Cl)cc(Cl)c1. The van der Waals surface area contributed by atoms with Gasteiger partial charge in [-0.05, 0) is 42.8 Å². The Kier molecular flexibility index (Phi) is 6.71. The lowest BCUT2D eigenvalue weighted by molar-refractivity contribution is -0.117. The number of hydrogen-bond acceptors (Lipinski definition) is 2. The third-order valence-corrected chi connectivity index (χ3v) is 4.40. The minimum absolute atomic E-state index is 0.120. The Bertz CT molecular complexity index is 789. The van der Waals surface area contributed by atoms with Crippen LogP contribution in [-0.4, -0.2) is 18.4 Å². The molecule has 0 atom stereocenters. The topological polar surface area (TPSA) is 49.4 Å². The predicted octanol–water partition coefficient (Wildman–Crippen LogP) is 5.34. The van der Waals surface area contributed by atoms with Crippen LogP contribution in [0.4, 0.5) is 11.4 Å². The largest absolute Gasteiger partial charge is 0.326 e. The molecule has 1 N–H and O–H groups in total. The van der Waals surface area contributed by atoms with Gasteiger partial charge >= 0.3 is 0 Å². The van der Waals surface area contributed by atoms with Gasteiger partial charge in [-0.15, -0.1) is 0 Å².